The number of aromatic amines is 1. The Labute approximate surface area is 133 Å². The third-order valence-electron chi connectivity index (χ3n) is 3.96. The third-order valence-corrected chi connectivity index (χ3v) is 3.96. The van der Waals surface area contributed by atoms with E-state index in [0.29, 0.717) is 5.56 Å². The van der Waals surface area contributed by atoms with Gasteiger partial charge in [-0.05, 0) is 71.3 Å². The Bertz CT molecular complexity index is 938. The molecule has 2 N–H and O–H groups in total. The Morgan fingerprint density at radius 3 is 2.65 bits per heavy atom. The first-order valence-corrected chi connectivity index (χ1v) is 7.25. The Balaban J connectivity index is 2.09. The molecule has 0 radical (unpaired) electrons. The summed E-state index contributed by atoms with van der Waals surface area (Å²) < 4.78 is 13.3. The minimum Gasteiger partial charge on any atom is -0.476 e. The molecule has 4 heteroatoms. The first kappa shape index (κ1) is 15.0. The molecule has 0 bridgehead atoms. The second-order valence-corrected chi connectivity index (χ2v) is 5.60. The summed E-state index contributed by atoms with van der Waals surface area (Å²) in [5.41, 5.74) is 5.58. The van der Waals surface area contributed by atoms with Crippen molar-refractivity contribution in [2.24, 2.45) is 0 Å². The summed E-state index contributed by atoms with van der Waals surface area (Å²) in [6.07, 6.45) is 2.96. The first-order valence-electron chi connectivity index (χ1n) is 7.25. The van der Waals surface area contributed by atoms with Gasteiger partial charge in [0.2, 0.25) is 5.83 Å². The molecule has 0 aliphatic carbocycles. The van der Waals surface area contributed by atoms with Crippen LogP contribution in [-0.4, -0.2) is 16.1 Å². The lowest BCUT2D eigenvalue weighted by Gasteiger charge is -2.11. The molecular formula is C19H16FNO2. The molecule has 1 heterocycles. The molecule has 3 rings (SSSR count). The van der Waals surface area contributed by atoms with E-state index in [1.165, 1.54) is 0 Å². The maximum Gasteiger partial charge on any atom is 0.364 e. The first-order chi connectivity index (χ1) is 11.0. The van der Waals surface area contributed by atoms with Gasteiger partial charge in [0.05, 0.1) is 0 Å². The number of H-pyrrole nitrogens is 1. The number of rotatable bonds is 3. The van der Waals surface area contributed by atoms with Crippen molar-refractivity contribution >= 4 is 22.9 Å². The van der Waals surface area contributed by atoms with Crippen LogP contribution < -0.4 is 0 Å². The second-order valence-electron chi connectivity index (χ2n) is 5.60. The summed E-state index contributed by atoms with van der Waals surface area (Å²) in [5, 5.41) is 9.80. The zero-order valence-electron chi connectivity index (χ0n) is 12.9. The number of hydrogen-bond donors (Lipinski definition) is 2. The van der Waals surface area contributed by atoms with E-state index in [9.17, 15) is 9.18 Å². The van der Waals surface area contributed by atoms with Gasteiger partial charge >= 0.3 is 5.97 Å². The molecular weight excluding hydrogens is 293 g/mol. The SMILES string of the molecule is Cc1cc(-c2ccc3[nH]ccc3c2)c(C)cc1/C=C(/F)C(=O)O. The molecule has 0 saturated carbocycles. The Morgan fingerprint density at radius 1 is 1.13 bits per heavy atom. The number of carboxylic acids is 1. The normalized spacial score (nSPS) is 11.9. The lowest BCUT2D eigenvalue weighted by atomic mass is 9.94. The van der Waals surface area contributed by atoms with Crippen LogP contribution in [0.5, 0.6) is 0 Å². The highest BCUT2D eigenvalue weighted by Crippen LogP contribution is 2.30. The fourth-order valence-corrected chi connectivity index (χ4v) is 2.72. The highest BCUT2D eigenvalue weighted by Gasteiger charge is 2.10. The summed E-state index contributed by atoms with van der Waals surface area (Å²) >= 11 is 0. The van der Waals surface area contributed by atoms with Crippen molar-refractivity contribution in [3.8, 4) is 11.1 Å². The summed E-state index contributed by atoms with van der Waals surface area (Å²) in [4.78, 5) is 13.8. The highest BCUT2D eigenvalue weighted by molar-refractivity contribution is 5.90. The van der Waals surface area contributed by atoms with Crippen LogP contribution >= 0.6 is 0 Å². The van der Waals surface area contributed by atoms with Crippen LogP contribution in [-0.2, 0) is 4.79 Å². The summed E-state index contributed by atoms with van der Waals surface area (Å²) in [6.45, 7) is 3.78. The van der Waals surface area contributed by atoms with Crippen molar-refractivity contribution < 1.29 is 14.3 Å². The molecule has 0 amide bonds. The molecule has 0 fully saturated rings. The average molecular weight is 309 g/mol. The third kappa shape index (κ3) is 2.88. The molecule has 0 aliphatic heterocycles. The number of carbonyl (C=O) groups is 1. The van der Waals surface area contributed by atoms with E-state index >= 15 is 0 Å². The quantitative estimate of drug-likeness (QED) is 0.680. The van der Waals surface area contributed by atoms with Gasteiger partial charge in [-0.1, -0.05) is 18.2 Å². The van der Waals surface area contributed by atoms with Crippen LogP contribution in [0.4, 0.5) is 4.39 Å². The van der Waals surface area contributed by atoms with Crippen molar-refractivity contribution in [3.05, 3.63) is 65.1 Å². The van der Waals surface area contributed by atoms with Gasteiger partial charge in [-0.25, -0.2) is 4.79 Å². The van der Waals surface area contributed by atoms with Crippen molar-refractivity contribution in [2.45, 2.75) is 13.8 Å². The zero-order valence-corrected chi connectivity index (χ0v) is 12.9. The molecule has 1 aromatic heterocycles. The lowest BCUT2D eigenvalue weighted by Crippen LogP contribution is -1.96. The van der Waals surface area contributed by atoms with Crippen LogP contribution in [0.2, 0.25) is 0 Å². The maximum absolute atomic E-state index is 13.3. The summed E-state index contributed by atoms with van der Waals surface area (Å²) in [5.74, 6) is -2.71. The zero-order chi connectivity index (χ0) is 16.6. The van der Waals surface area contributed by atoms with Crippen LogP contribution in [0.3, 0.4) is 0 Å². The number of benzene rings is 2. The van der Waals surface area contributed by atoms with Gasteiger partial charge in [-0.15, -0.1) is 0 Å². The van der Waals surface area contributed by atoms with Gasteiger partial charge in [0.25, 0.3) is 0 Å². The Kier molecular flexibility index (Phi) is 3.74. The molecule has 0 atom stereocenters. The van der Waals surface area contributed by atoms with Gasteiger partial charge in [0, 0.05) is 11.7 Å². The smallest absolute Gasteiger partial charge is 0.364 e. The molecule has 116 valence electrons. The summed E-state index contributed by atoms with van der Waals surface area (Å²) in [6, 6.07) is 11.9. The van der Waals surface area contributed by atoms with E-state index in [1.54, 1.807) is 0 Å². The van der Waals surface area contributed by atoms with E-state index < -0.39 is 11.8 Å². The number of nitrogens with one attached hydrogen (secondary N) is 1. The van der Waals surface area contributed by atoms with Crippen molar-refractivity contribution in [3.63, 3.8) is 0 Å². The van der Waals surface area contributed by atoms with E-state index in [4.69, 9.17) is 5.11 Å². The molecule has 0 spiro atoms. The van der Waals surface area contributed by atoms with Crippen molar-refractivity contribution in [1.29, 1.82) is 0 Å². The highest BCUT2D eigenvalue weighted by atomic mass is 19.1. The number of fused-ring (bicyclic) bond motifs is 1. The van der Waals surface area contributed by atoms with Gasteiger partial charge < -0.3 is 10.1 Å². The average Bonchev–Trinajstić information content (AvgIpc) is 2.97. The number of carboxylic acid groups (broad SMARTS) is 1. The topological polar surface area (TPSA) is 53.1 Å². The van der Waals surface area contributed by atoms with Gasteiger partial charge in [0.15, 0.2) is 0 Å². The standard InChI is InChI=1S/C19H16FNO2/c1-11-8-16(12(2)7-15(11)10-17(20)19(22)23)13-3-4-18-14(9-13)5-6-21-18/h3-10,21H,1-2H3,(H,22,23)/b17-10+. The van der Waals surface area contributed by atoms with Crippen LogP contribution in [0.25, 0.3) is 28.1 Å². The monoisotopic (exact) mass is 309 g/mol. The van der Waals surface area contributed by atoms with Crippen LogP contribution in [0, 0.1) is 13.8 Å². The number of aromatic nitrogens is 1. The van der Waals surface area contributed by atoms with Crippen LogP contribution in [0.1, 0.15) is 16.7 Å². The van der Waals surface area contributed by atoms with E-state index in [1.807, 2.05) is 50.4 Å². The molecule has 23 heavy (non-hydrogen) atoms. The lowest BCUT2D eigenvalue weighted by molar-refractivity contribution is -0.134. The Hall–Kier alpha value is -2.88. The second kappa shape index (κ2) is 5.72. The summed E-state index contributed by atoms with van der Waals surface area (Å²) in [7, 11) is 0. The van der Waals surface area contributed by atoms with Gasteiger partial charge in [-0.3, -0.25) is 0 Å². The predicted octanol–water partition coefficient (Wildman–Crippen LogP) is 4.85. The van der Waals surface area contributed by atoms with Crippen molar-refractivity contribution in [2.75, 3.05) is 0 Å². The Morgan fingerprint density at radius 2 is 1.91 bits per heavy atom. The molecule has 0 unspecified atom stereocenters. The van der Waals surface area contributed by atoms with E-state index in [-0.39, 0.29) is 0 Å². The van der Waals surface area contributed by atoms with E-state index in [2.05, 4.69) is 11.1 Å². The minimum absolute atomic E-state index is 0.578. The fraction of sp³-hybridized carbons (Fsp3) is 0.105. The maximum atomic E-state index is 13.3. The largest absolute Gasteiger partial charge is 0.476 e. The number of aliphatic carboxylic acids is 1. The van der Waals surface area contributed by atoms with Gasteiger partial charge in [0.1, 0.15) is 0 Å². The number of hydrogen-bond acceptors (Lipinski definition) is 1. The minimum atomic E-state index is -1.55. The number of halogens is 1. The van der Waals surface area contributed by atoms with Crippen LogP contribution in [0.15, 0.2) is 48.4 Å². The van der Waals surface area contributed by atoms with E-state index in [0.717, 1.165) is 39.2 Å². The molecule has 0 saturated heterocycles. The fourth-order valence-electron chi connectivity index (χ4n) is 2.72. The van der Waals surface area contributed by atoms with Crippen molar-refractivity contribution in [1.82, 2.24) is 4.98 Å². The molecule has 2 aromatic carbocycles. The molecule has 3 nitrogen and oxygen atoms in total. The predicted molar refractivity (Wildman–Crippen MR) is 89.9 cm³/mol. The van der Waals surface area contributed by atoms with Gasteiger partial charge in [-0.2, -0.15) is 4.39 Å². The molecule has 0 aliphatic rings. The number of aryl methyl sites for hydroxylation is 2. The molecule has 3 aromatic rings.